The van der Waals surface area contributed by atoms with E-state index in [1.807, 2.05) is 53.7 Å². The maximum atomic E-state index is 14.0. The van der Waals surface area contributed by atoms with Crippen LogP contribution in [0.5, 0.6) is 0 Å². The third kappa shape index (κ3) is 5.11. The first kappa shape index (κ1) is 23.6. The Labute approximate surface area is 214 Å². The molecular weight excluding hydrogens is 475 g/mol. The molecule has 4 aromatic rings. The minimum absolute atomic E-state index is 0.144. The van der Waals surface area contributed by atoms with Gasteiger partial charge in [0.1, 0.15) is 5.82 Å². The molecule has 2 atom stereocenters. The van der Waals surface area contributed by atoms with Gasteiger partial charge in [0.05, 0.1) is 23.5 Å². The van der Waals surface area contributed by atoms with Gasteiger partial charge >= 0.3 is 0 Å². The molecule has 1 amide bonds. The first-order chi connectivity index (χ1) is 17.6. The van der Waals surface area contributed by atoms with Gasteiger partial charge in [0.15, 0.2) is 5.11 Å². The molecule has 1 fully saturated rings. The Morgan fingerprint density at radius 1 is 1.06 bits per heavy atom. The molecule has 0 saturated carbocycles. The van der Waals surface area contributed by atoms with Crippen LogP contribution in [0.3, 0.4) is 0 Å². The van der Waals surface area contributed by atoms with E-state index in [4.69, 9.17) is 12.2 Å². The number of carbonyl (C=O) groups excluding carboxylic acids is 1. The standard InChI is InChI=1S/C27H25FN6OS/c28-20-8-1-2-9-21(20)31-24(35)12-16-34-26(25(32-27(34)36)22-10-3-4-14-30-22)23-11-6-15-33(23)18-19-7-5-13-29-17-19/h1-11,13-15,17,25-26H,12,16,18H2,(H,31,35)(H,32,36)/t25-,26-/m0/s1. The molecular formula is C27H25FN6OS. The van der Waals surface area contributed by atoms with Gasteiger partial charge in [0, 0.05) is 50.0 Å². The highest BCUT2D eigenvalue weighted by Crippen LogP contribution is 2.39. The van der Waals surface area contributed by atoms with Gasteiger partial charge in [0.2, 0.25) is 5.91 Å². The summed E-state index contributed by atoms with van der Waals surface area (Å²) in [5.74, 6) is -0.751. The largest absolute Gasteiger partial charge is 0.352 e. The SMILES string of the molecule is O=C(CCN1C(=S)N[C@@H](c2ccccn2)[C@@H]1c1cccn1Cc1cccnc1)Nc1ccccc1F. The van der Waals surface area contributed by atoms with Gasteiger partial charge < -0.3 is 20.1 Å². The van der Waals surface area contributed by atoms with Crippen LogP contribution in [0.15, 0.2) is 91.5 Å². The molecule has 1 aliphatic heterocycles. The molecule has 182 valence electrons. The van der Waals surface area contributed by atoms with Gasteiger partial charge in [-0.1, -0.05) is 24.3 Å². The molecule has 1 saturated heterocycles. The highest BCUT2D eigenvalue weighted by molar-refractivity contribution is 7.80. The number of nitrogens with zero attached hydrogens (tertiary/aromatic N) is 4. The number of para-hydroxylation sites is 1. The Morgan fingerprint density at radius 2 is 1.92 bits per heavy atom. The monoisotopic (exact) mass is 500 g/mol. The van der Waals surface area contributed by atoms with Crippen LogP contribution >= 0.6 is 12.2 Å². The van der Waals surface area contributed by atoms with E-state index in [0.29, 0.717) is 18.2 Å². The van der Waals surface area contributed by atoms with Crippen LogP contribution < -0.4 is 10.6 Å². The lowest BCUT2D eigenvalue weighted by Gasteiger charge is -2.29. The Kier molecular flexibility index (Phi) is 6.99. The molecule has 5 rings (SSSR count). The number of benzene rings is 1. The number of hydrogen-bond donors (Lipinski definition) is 2. The van der Waals surface area contributed by atoms with Crippen molar-refractivity contribution in [2.24, 2.45) is 0 Å². The normalized spacial score (nSPS) is 17.1. The highest BCUT2D eigenvalue weighted by Gasteiger charge is 2.41. The van der Waals surface area contributed by atoms with Crippen molar-refractivity contribution in [1.82, 2.24) is 24.8 Å². The van der Waals surface area contributed by atoms with Crippen molar-refractivity contribution in [3.8, 4) is 0 Å². The van der Waals surface area contributed by atoms with E-state index in [2.05, 4.69) is 31.2 Å². The van der Waals surface area contributed by atoms with E-state index < -0.39 is 5.82 Å². The third-order valence-electron chi connectivity index (χ3n) is 6.17. The van der Waals surface area contributed by atoms with Crippen molar-refractivity contribution >= 4 is 28.9 Å². The van der Waals surface area contributed by atoms with Crippen LogP contribution in [-0.4, -0.2) is 37.0 Å². The van der Waals surface area contributed by atoms with Gasteiger partial charge in [-0.2, -0.15) is 0 Å². The third-order valence-corrected chi connectivity index (χ3v) is 6.52. The lowest BCUT2D eigenvalue weighted by atomic mass is 10.0. The number of aromatic nitrogens is 3. The second-order valence-corrected chi connectivity index (χ2v) is 8.91. The van der Waals surface area contributed by atoms with E-state index in [1.54, 1.807) is 30.6 Å². The number of rotatable bonds is 8. The van der Waals surface area contributed by atoms with E-state index in [9.17, 15) is 9.18 Å². The van der Waals surface area contributed by atoms with Crippen LogP contribution in [0.2, 0.25) is 0 Å². The van der Waals surface area contributed by atoms with Crippen molar-refractivity contribution in [1.29, 1.82) is 0 Å². The van der Waals surface area contributed by atoms with Crippen LogP contribution in [0.1, 0.15) is 35.5 Å². The Bertz CT molecular complexity index is 1350. The first-order valence-electron chi connectivity index (χ1n) is 11.7. The Hall–Kier alpha value is -4.11. The van der Waals surface area contributed by atoms with E-state index in [0.717, 1.165) is 17.0 Å². The molecule has 1 aromatic carbocycles. The summed E-state index contributed by atoms with van der Waals surface area (Å²) in [5, 5.41) is 6.61. The number of pyridine rings is 2. The fourth-order valence-corrected chi connectivity index (χ4v) is 4.83. The summed E-state index contributed by atoms with van der Waals surface area (Å²) in [6.07, 6.45) is 7.54. The second-order valence-electron chi connectivity index (χ2n) is 8.52. The Morgan fingerprint density at radius 3 is 2.69 bits per heavy atom. The summed E-state index contributed by atoms with van der Waals surface area (Å²) < 4.78 is 16.2. The topological polar surface area (TPSA) is 75.1 Å². The minimum Gasteiger partial charge on any atom is -0.352 e. The average molecular weight is 501 g/mol. The zero-order valence-electron chi connectivity index (χ0n) is 19.4. The van der Waals surface area contributed by atoms with E-state index in [1.165, 1.54) is 6.07 Å². The summed E-state index contributed by atoms with van der Waals surface area (Å²) in [7, 11) is 0. The van der Waals surface area contributed by atoms with E-state index >= 15 is 0 Å². The zero-order valence-corrected chi connectivity index (χ0v) is 20.2. The van der Waals surface area contributed by atoms with Gasteiger partial charge in [0.25, 0.3) is 0 Å². The maximum absolute atomic E-state index is 14.0. The predicted octanol–water partition coefficient (Wildman–Crippen LogP) is 4.47. The molecule has 2 N–H and O–H groups in total. The fraction of sp³-hybridized carbons (Fsp3) is 0.185. The van der Waals surface area contributed by atoms with Gasteiger partial charge in [-0.3, -0.25) is 14.8 Å². The van der Waals surface area contributed by atoms with Crippen molar-refractivity contribution in [2.75, 3.05) is 11.9 Å². The molecule has 0 spiro atoms. The number of halogens is 1. The first-order valence-corrected chi connectivity index (χ1v) is 12.1. The molecule has 0 bridgehead atoms. The average Bonchev–Trinajstić information content (AvgIpc) is 3.48. The molecule has 0 radical (unpaired) electrons. The molecule has 0 aliphatic carbocycles. The van der Waals surface area contributed by atoms with Crippen molar-refractivity contribution in [3.05, 3.63) is 114 Å². The fourth-order valence-electron chi connectivity index (χ4n) is 4.49. The number of thiocarbonyl (C=S) groups is 1. The molecule has 9 heteroatoms. The molecule has 0 unspecified atom stereocenters. The van der Waals surface area contributed by atoms with Crippen molar-refractivity contribution in [2.45, 2.75) is 25.0 Å². The quantitative estimate of drug-likeness (QED) is 0.348. The number of hydrogen-bond acceptors (Lipinski definition) is 4. The number of amides is 1. The van der Waals surface area contributed by atoms with Crippen LogP contribution in [0.4, 0.5) is 10.1 Å². The number of nitrogens with one attached hydrogen (secondary N) is 2. The van der Waals surface area contributed by atoms with Crippen LogP contribution in [-0.2, 0) is 11.3 Å². The van der Waals surface area contributed by atoms with Gasteiger partial charge in [-0.05, 0) is 60.2 Å². The van der Waals surface area contributed by atoms with Gasteiger partial charge in [-0.25, -0.2) is 4.39 Å². The number of carbonyl (C=O) groups is 1. The molecule has 7 nitrogen and oxygen atoms in total. The molecule has 4 heterocycles. The zero-order chi connectivity index (χ0) is 24.9. The van der Waals surface area contributed by atoms with E-state index in [-0.39, 0.29) is 30.1 Å². The number of anilines is 1. The predicted molar refractivity (Wildman–Crippen MR) is 140 cm³/mol. The minimum atomic E-state index is -0.467. The summed E-state index contributed by atoms with van der Waals surface area (Å²) >= 11 is 5.72. The molecule has 1 aliphatic rings. The smallest absolute Gasteiger partial charge is 0.226 e. The lowest BCUT2D eigenvalue weighted by Crippen LogP contribution is -2.33. The summed E-state index contributed by atoms with van der Waals surface area (Å²) in [6.45, 7) is 1.01. The summed E-state index contributed by atoms with van der Waals surface area (Å²) in [5.41, 5.74) is 3.14. The summed E-state index contributed by atoms with van der Waals surface area (Å²) in [4.78, 5) is 23.5. The van der Waals surface area contributed by atoms with Crippen LogP contribution in [0.25, 0.3) is 0 Å². The Balaban J connectivity index is 1.40. The lowest BCUT2D eigenvalue weighted by molar-refractivity contribution is -0.116. The molecule has 36 heavy (non-hydrogen) atoms. The highest BCUT2D eigenvalue weighted by atomic mass is 32.1. The maximum Gasteiger partial charge on any atom is 0.226 e. The van der Waals surface area contributed by atoms with Crippen molar-refractivity contribution in [3.63, 3.8) is 0 Å². The summed E-state index contributed by atoms with van der Waals surface area (Å²) in [6, 6.07) is 19.6. The van der Waals surface area contributed by atoms with Crippen LogP contribution in [0, 0.1) is 5.82 Å². The second kappa shape index (κ2) is 10.7. The van der Waals surface area contributed by atoms with Crippen molar-refractivity contribution < 1.29 is 9.18 Å². The molecule has 3 aromatic heterocycles. The van der Waals surface area contributed by atoms with Gasteiger partial charge in [-0.15, -0.1) is 0 Å².